The molecule has 1 saturated carbocycles. The number of nitro groups is 1. The van der Waals surface area contributed by atoms with E-state index in [2.05, 4.69) is 9.71 Å². The maximum absolute atomic E-state index is 13.0. The molecule has 0 aliphatic heterocycles. The van der Waals surface area contributed by atoms with Gasteiger partial charge in [-0.1, -0.05) is 18.9 Å². The summed E-state index contributed by atoms with van der Waals surface area (Å²) in [5, 5.41) is 13.8. The first-order chi connectivity index (χ1) is 11.8. The van der Waals surface area contributed by atoms with Crippen molar-refractivity contribution in [3.8, 4) is 0 Å². The van der Waals surface area contributed by atoms with Gasteiger partial charge >= 0.3 is 0 Å². The van der Waals surface area contributed by atoms with Crippen molar-refractivity contribution < 1.29 is 13.3 Å². The Morgan fingerprint density at radius 1 is 1.28 bits per heavy atom. The third-order valence-electron chi connectivity index (χ3n) is 4.56. The first-order valence-corrected chi connectivity index (χ1v) is 10.3. The maximum atomic E-state index is 13.0. The molecule has 1 heterocycles. The molecule has 7 nitrogen and oxygen atoms in total. The Bertz CT molecular complexity index is 915. The van der Waals surface area contributed by atoms with Gasteiger partial charge in [-0.05, 0) is 32.8 Å². The number of hydrogen-bond acceptors (Lipinski definition) is 6. The number of sulfonamides is 1. The lowest BCUT2D eigenvalue weighted by Gasteiger charge is -2.28. The number of nitro benzene ring substituents is 1. The predicted octanol–water partition coefficient (Wildman–Crippen LogP) is 3.42. The van der Waals surface area contributed by atoms with Gasteiger partial charge in [-0.3, -0.25) is 10.1 Å². The monoisotopic (exact) mass is 381 g/mol. The van der Waals surface area contributed by atoms with Crippen LogP contribution in [0.15, 0.2) is 28.5 Å². The summed E-state index contributed by atoms with van der Waals surface area (Å²) in [4.78, 5) is 15.0. The molecule has 1 N–H and O–H groups in total. The highest BCUT2D eigenvalue weighted by molar-refractivity contribution is 7.89. The Kier molecular flexibility index (Phi) is 4.65. The molecule has 3 rings (SSSR count). The summed E-state index contributed by atoms with van der Waals surface area (Å²) in [6, 6.07) is 4.11. The fourth-order valence-corrected chi connectivity index (χ4v) is 6.08. The average Bonchev–Trinajstić information content (AvgIpc) is 3.16. The summed E-state index contributed by atoms with van der Waals surface area (Å²) in [5.41, 5.74) is 0.0726. The van der Waals surface area contributed by atoms with Crippen molar-refractivity contribution in [2.24, 2.45) is 0 Å². The number of thiazole rings is 1. The van der Waals surface area contributed by atoms with Crippen molar-refractivity contribution in [2.75, 3.05) is 0 Å². The zero-order valence-corrected chi connectivity index (χ0v) is 15.6. The van der Waals surface area contributed by atoms with E-state index < -0.39 is 20.5 Å². The highest BCUT2D eigenvalue weighted by Gasteiger charge is 2.42. The topological polar surface area (TPSA) is 102 Å². The van der Waals surface area contributed by atoms with Crippen LogP contribution in [0.5, 0.6) is 0 Å². The quantitative estimate of drug-likeness (QED) is 0.631. The van der Waals surface area contributed by atoms with E-state index in [-0.39, 0.29) is 16.1 Å². The van der Waals surface area contributed by atoms with Gasteiger partial charge in [0.1, 0.15) is 5.01 Å². The van der Waals surface area contributed by atoms with Crippen LogP contribution in [0, 0.1) is 24.0 Å². The largest absolute Gasteiger partial charge is 0.273 e. The van der Waals surface area contributed by atoms with Gasteiger partial charge in [0.2, 0.25) is 10.0 Å². The van der Waals surface area contributed by atoms with Crippen molar-refractivity contribution >= 4 is 27.0 Å². The second kappa shape index (κ2) is 6.47. The van der Waals surface area contributed by atoms with Crippen LogP contribution in [-0.2, 0) is 15.6 Å². The first-order valence-electron chi connectivity index (χ1n) is 7.96. The molecule has 0 spiro atoms. The Morgan fingerprint density at radius 2 is 1.96 bits per heavy atom. The van der Waals surface area contributed by atoms with Crippen LogP contribution in [0.25, 0.3) is 0 Å². The second-order valence-electron chi connectivity index (χ2n) is 6.35. The fourth-order valence-electron chi connectivity index (χ4n) is 3.32. The van der Waals surface area contributed by atoms with E-state index >= 15 is 0 Å². The highest BCUT2D eigenvalue weighted by atomic mass is 32.2. The summed E-state index contributed by atoms with van der Waals surface area (Å²) in [7, 11) is -3.92. The summed E-state index contributed by atoms with van der Waals surface area (Å²) in [6.45, 7) is 3.34. The van der Waals surface area contributed by atoms with Crippen LogP contribution in [0.2, 0.25) is 0 Å². The Labute approximate surface area is 150 Å². The van der Waals surface area contributed by atoms with Gasteiger partial charge in [-0.25, -0.2) is 13.4 Å². The molecule has 0 atom stereocenters. The molecule has 9 heteroatoms. The number of hydrogen-bond donors (Lipinski definition) is 1. The molecule has 0 unspecified atom stereocenters. The highest BCUT2D eigenvalue weighted by Crippen LogP contribution is 2.41. The van der Waals surface area contributed by atoms with E-state index in [0.29, 0.717) is 12.8 Å². The van der Waals surface area contributed by atoms with E-state index in [4.69, 9.17) is 0 Å². The number of benzene rings is 1. The standard InChI is InChI=1S/C16H19N3O4S2/c1-11-10-24-15(17-11)16(8-3-4-9-16)18-25(22,23)14-7-5-6-13(12(14)2)19(20)21/h5-7,10,18H,3-4,8-9H2,1-2H3. The van der Waals surface area contributed by atoms with Crippen molar-refractivity contribution in [2.45, 2.75) is 50.0 Å². The van der Waals surface area contributed by atoms with Crippen LogP contribution in [-0.4, -0.2) is 18.3 Å². The van der Waals surface area contributed by atoms with Crippen molar-refractivity contribution in [1.82, 2.24) is 9.71 Å². The van der Waals surface area contributed by atoms with Gasteiger partial charge in [0.15, 0.2) is 0 Å². The van der Waals surface area contributed by atoms with Gasteiger partial charge in [0.05, 0.1) is 15.4 Å². The second-order valence-corrected chi connectivity index (χ2v) is 8.86. The van der Waals surface area contributed by atoms with Crippen LogP contribution < -0.4 is 4.72 Å². The molecule has 0 radical (unpaired) electrons. The zero-order valence-electron chi connectivity index (χ0n) is 14.0. The van der Waals surface area contributed by atoms with E-state index in [1.165, 1.54) is 36.5 Å². The number of nitrogens with one attached hydrogen (secondary N) is 1. The minimum Gasteiger partial charge on any atom is -0.258 e. The van der Waals surface area contributed by atoms with Crippen molar-refractivity contribution in [3.05, 3.63) is 50.0 Å². The van der Waals surface area contributed by atoms with Crippen molar-refractivity contribution in [1.29, 1.82) is 0 Å². The summed E-state index contributed by atoms with van der Waals surface area (Å²) in [5.74, 6) is 0. The normalized spacial score (nSPS) is 16.9. The van der Waals surface area contributed by atoms with Crippen LogP contribution >= 0.6 is 11.3 Å². The lowest BCUT2D eigenvalue weighted by Crippen LogP contribution is -2.43. The first kappa shape index (κ1) is 18.0. The summed E-state index contributed by atoms with van der Waals surface area (Å²) >= 11 is 1.45. The zero-order chi connectivity index (χ0) is 18.2. The molecule has 1 aromatic carbocycles. The number of rotatable bonds is 5. The van der Waals surface area contributed by atoms with Gasteiger partial charge < -0.3 is 0 Å². The molecule has 134 valence electrons. The van der Waals surface area contributed by atoms with Gasteiger partial charge in [-0.15, -0.1) is 11.3 Å². The summed E-state index contributed by atoms with van der Waals surface area (Å²) in [6.07, 6.45) is 3.17. The summed E-state index contributed by atoms with van der Waals surface area (Å²) < 4.78 is 28.8. The Morgan fingerprint density at radius 3 is 2.52 bits per heavy atom. The predicted molar refractivity (Wildman–Crippen MR) is 95.2 cm³/mol. The van der Waals surface area contributed by atoms with E-state index in [0.717, 1.165) is 23.5 Å². The van der Waals surface area contributed by atoms with E-state index in [1.807, 2.05) is 12.3 Å². The lowest BCUT2D eigenvalue weighted by atomic mass is 10.0. The van der Waals surface area contributed by atoms with Crippen LogP contribution in [0.4, 0.5) is 5.69 Å². The molecular formula is C16H19N3O4S2. The smallest absolute Gasteiger partial charge is 0.258 e. The number of aryl methyl sites for hydroxylation is 1. The van der Waals surface area contributed by atoms with E-state index in [1.54, 1.807) is 0 Å². The third-order valence-corrected chi connectivity index (χ3v) is 7.40. The van der Waals surface area contributed by atoms with Crippen LogP contribution in [0.1, 0.15) is 41.9 Å². The van der Waals surface area contributed by atoms with E-state index in [9.17, 15) is 18.5 Å². The van der Waals surface area contributed by atoms with Crippen molar-refractivity contribution in [3.63, 3.8) is 0 Å². The van der Waals surface area contributed by atoms with Gasteiger partial charge in [-0.2, -0.15) is 4.72 Å². The minimum absolute atomic E-state index is 0.0544. The molecule has 1 fully saturated rings. The minimum atomic E-state index is -3.92. The molecule has 0 bridgehead atoms. The fraction of sp³-hybridized carbons (Fsp3) is 0.438. The lowest BCUT2D eigenvalue weighted by molar-refractivity contribution is -0.385. The number of nitrogens with zero attached hydrogens (tertiary/aromatic N) is 2. The molecular weight excluding hydrogens is 362 g/mol. The maximum Gasteiger partial charge on any atom is 0.273 e. The molecule has 1 aliphatic rings. The number of aromatic nitrogens is 1. The molecule has 0 amide bonds. The third kappa shape index (κ3) is 3.31. The Balaban J connectivity index is 2.03. The van der Waals surface area contributed by atoms with Gasteiger partial charge in [0.25, 0.3) is 5.69 Å². The Hall–Kier alpha value is -1.84. The molecule has 0 saturated heterocycles. The molecule has 1 aliphatic carbocycles. The average molecular weight is 381 g/mol. The molecule has 1 aromatic heterocycles. The van der Waals surface area contributed by atoms with Gasteiger partial charge in [0, 0.05) is 22.7 Å². The van der Waals surface area contributed by atoms with Crippen LogP contribution in [0.3, 0.4) is 0 Å². The SMILES string of the molecule is Cc1csc(C2(NS(=O)(=O)c3cccc([N+](=O)[O-])c3C)CCCC2)n1. The molecule has 25 heavy (non-hydrogen) atoms. The molecule has 2 aromatic rings.